The van der Waals surface area contributed by atoms with E-state index in [1.54, 1.807) is 0 Å². The molecule has 0 spiro atoms. The van der Waals surface area contributed by atoms with E-state index in [4.69, 9.17) is 4.74 Å². The lowest BCUT2D eigenvalue weighted by atomic mass is 10.1. The van der Waals surface area contributed by atoms with Gasteiger partial charge in [0.25, 0.3) is 0 Å². The Morgan fingerprint density at radius 1 is 1.19 bits per heavy atom. The molecule has 2 aliphatic rings. The fraction of sp³-hybridized carbons (Fsp3) is 0.560. The third-order valence-corrected chi connectivity index (χ3v) is 7.04. The third kappa shape index (κ3) is 4.37. The topological polar surface area (TPSA) is 78.6 Å². The molecule has 2 aliphatic heterocycles. The van der Waals surface area contributed by atoms with Crippen molar-refractivity contribution in [1.82, 2.24) is 14.4 Å². The van der Waals surface area contributed by atoms with Gasteiger partial charge in [-0.05, 0) is 75.6 Å². The molecule has 0 saturated carbocycles. The van der Waals surface area contributed by atoms with Crippen LogP contribution in [0.1, 0.15) is 50.3 Å². The van der Waals surface area contributed by atoms with Gasteiger partial charge in [0, 0.05) is 30.3 Å². The maximum Gasteiger partial charge on any atom is 0.319 e. The van der Waals surface area contributed by atoms with Crippen LogP contribution in [0.2, 0.25) is 0 Å². The molecular weight excluding hydrogens is 404 g/mol. The first kappa shape index (κ1) is 22.3. The number of aromatic nitrogens is 1. The molecule has 2 atom stereocenters. The number of likely N-dealkylation sites (tertiary alicyclic amines) is 2. The van der Waals surface area contributed by atoms with Crippen molar-refractivity contribution in [3.8, 4) is 6.07 Å². The fourth-order valence-corrected chi connectivity index (χ4v) is 5.42. The molecule has 32 heavy (non-hydrogen) atoms. The molecule has 7 heteroatoms. The van der Waals surface area contributed by atoms with Crippen LogP contribution in [-0.4, -0.2) is 65.1 Å². The highest BCUT2D eigenvalue weighted by Crippen LogP contribution is 2.28. The van der Waals surface area contributed by atoms with Crippen LogP contribution in [0, 0.1) is 11.3 Å². The number of hydrogen-bond donors (Lipinski definition) is 0. The second kappa shape index (κ2) is 9.74. The molecule has 4 rings (SSSR count). The van der Waals surface area contributed by atoms with Crippen LogP contribution in [0.4, 0.5) is 0 Å². The number of ether oxygens (including phenoxy) is 1. The van der Waals surface area contributed by atoms with Crippen LogP contribution in [0.15, 0.2) is 24.3 Å². The van der Waals surface area contributed by atoms with Crippen LogP contribution >= 0.6 is 0 Å². The van der Waals surface area contributed by atoms with Gasteiger partial charge in [-0.2, -0.15) is 5.26 Å². The van der Waals surface area contributed by atoms with E-state index < -0.39 is 0 Å². The number of carbonyl (C=O) groups excluding carboxylic acids is 2. The first-order chi connectivity index (χ1) is 15.5. The zero-order valence-electron chi connectivity index (χ0n) is 19.0. The number of fused-ring (bicyclic) bond motifs is 1. The number of rotatable bonds is 7. The SMILES string of the molecule is CCn1c(CC[C@@H]2CCCN2C(=O)[C@H]2CCCN2CC(=O)OC)cc2ccc(C#N)cc21. The van der Waals surface area contributed by atoms with Crippen molar-refractivity contribution < 1.29 is 14.3 Å². The number of nitrogens with zero attached hydrogens (tertiary/aromatic N) is 4. The molecule has 2 saturated heterocycles. The Morgan fingerprint density at radius 3 is 2.75 bits per heavy atom. The Balaban J connectivity index is 1.45. The third-order valence-electron chi connectivity index (χ3n) is 7.04. The van der Waals surface area contributed by atoms with Gasteiger partial charge in [-0.3, -0.25) is 14.5 Å². The second-order valence-electron chi connectivity index (χ2n) is 8.84. The summed E-state index contributed by atoms with van der Waals surface area (Å²) in [6, 6.07) is 10.3. The first-order valence-corrected chi connectivity index (χ1v) is 11.7. The lowest BCUT2D eigenvalue weighted by molar-refractivity contribution is -0.144. The van der Waals surface area contributed by atoms with Crippen molar-refractivity contribution >= 4 is 22.8 Å². The number of nitriles is 1. The number of carbonyl (C=O) groups is 2. The number of aryl methyl sites for hydroxylation is 2. The van der Waals surface area contributed by atoms with Gasteiger partial charge >= 0.3 is 5.97 Å². The van der Waals surface area contributed by atoms with E-state index in [0.717, 1.165) is 69.1 Å². The van der Waals surface area contributed by atoms with Gasteiger partial charge in [0.15, 0.2) is 0 Å². The van der Waals surface area contributed by atoms with Crippen molar-refractivity contribution in [2.45, 2.75) is 64.1 Å². The predicted octanol–water partition coefficient (Wildman–Crippen LogP) is 3.09. The van der Waals surface area contributed by atoms with Gasteiger partial charge in [0.1, 0.15) is 0 Å². The van der Waals surface area contributed by atoms with Crippen LogP contribution in [0.5, 0.6) is 0 Å². The summed E-state index contributed by atoms with van der Waals surface area (Å²) >= 11 is 0. The molecule has 1 aromatic heterocycles. The fourth-order valence-electron chi connectivity index (χ4n) is 5.42. The molecule has 0 aliphatic carbocycles. The van der Waals surface area contributed by atoms with E-state index in [1.807, 2.05) is 23.1 Å². The minimum atomic E-state index is -0.283. The van der Waals surface area contributed by atoms with Crippen molar-refractivity contribution in [3.05, 3.63) is 35.5 Å². The smallest absolute Gasteiger partial charge is 0.319 e. The van der Waals surface area contributed by atoms with Crippen molar-refractivity contribution in [2.75, 3.05) is 26.7 Å². The lowest BCUT2D eigenvalue weighted by Crippen LogP contribution is -2.48. The Kier molecular flexibility index (Phi) is 6.80. The maximum atomic E-state index is 13.4. The Hall–Kier alpha value is -2.85. The van der Waals surface area contributed by atoms with Gasteiger partial charge in [-0.1, -0.05) is 6.07 Å². The summed E-state index contributed by atoms with van der Waals surface area (Å²) in [6.07, 6.45) is 5.63. The van der Waals surface area contributed by atoms with Gasteiger partial charge in [-0.15, -0.1) is 0 Å². The summed E-state index contributed by atoms with van der Waals surface area (Å²) in [6.45, 7) is 4.74. The Bertz CT molecular complexity index is 1040. The van der Waals surface area contributed by atoms with Gasteiger partial charge in [-0.25, -0.2) is 0 Å². The molecule has 1 aromatic carbocycles. The van der Waals surface area contributed by atoms with E-state index >= 15 is 0 Å². The number of hydrogen-bond acceptors (Lipinski definition) is 5. The molecule has 1 amide bonds. The normalized spacial score (nSPS) is 21.2. The van der Waals surface area contributed by atoms with Crippen LogP contribution in [0.3, 0.4) is 0 Å². The van der Waals surface area contributed by atoms with E-state index in [0.29, 0.717) is 5.56 Å². The molecule has 2 fully saturated rings. The van der Waals surface area contributed by atoms with Gasteiger partial charge < -0.3 is 14.2 Å². The molecule has 7 nitrogen and oxygen atoms in total. The van der Waals surface area contributed by atoms with Gasteiger partial charge in [0.2, 0.25) is 5.91 Å². The minimum absolute atomic E-state index is 0.170. The molecule has 2 aromatic rings. The quantitative estimate of drug-likeness (QED) is 0.623. The maximum absolute atomic E-state index is 13.4. The molecule has 0 radical (unpaired) electrons. The number of benzene rings is 1. The Labute approximate surface area is 189 Å². The molecule has 170 valence electrons. The first-order valence-electron chi connectivity index (χ1n) is 11.7. The summed E-state index contributed by atoms with van der Waals surface area (Å²) in [5.41, 5.74) is 3.04. The zero-order chi connectivity index (χ0) is 22.7. The largest absolute Gasteiger partial charge is 0.468 e. The standard InChI is InChI=1S/C25H32N4O3/c1-3-28-21(15-19-9-8-18(16-26)14-23(19)28)11-10-20-6-4-13-29(20)25(31)22-7-5-12-27(22)17-24(30)32-2/h8-9,14-15,20,22H,3-7,10-13,17H2,1-2H3/t20-,22+/m0/s1. The highest BCUT2D eigenvalue weighted by molar-refractivity contribution is 5.84. The van der Waals surface area contributed by atoms with Crippen LogP contribution < -0.4 is 0 Å². The summed E-state index contributed by atoms with van der Waals surface area (Å²) in [7, 11) is 1.39. The average molecular weight is 437 g/mol. The summed E-state index contributed by atoms with van der Waals surface area (Å²) in [5, 5.41) is 10.4. The zero-order valence-corrected chi connectivity index (χ0v) is 19.0. The van der Waals surface area contributed by atoms with Gasteiger partial charge in [0.05, 0.1) is 31.3 Å². The highest BCUT2D eigenvalue weighted by Gasteiger charge is 2.38. The summed E-state index contributed by atoms with van der Waals surface area (Å²) < 4.78 is 7.09. The van der Waals surface area contributed by atoms with Crippen LogP contribution in [0.25, 0.3) is 10.9 Å². The second-order valence-corrected chi connectivity index (χ2v) is 8.84. The number of esters is 1. The van der Waals surface area contributed by atoms with Crippen molar-refractivity contribution in [1.29, 1.82) is 5.26 Å². The van der Waals surface area contributed by atoms with E-state index in [2.05, 4.69) is 28.5 Å². The molecule has 3 heterocycles. The molecular formula is C25H32N4O3. The molecule has 0 unspecified atom stereocenters. The van der Waals surface area contributed by atoms with Crippen molar-refractivity contribution in [3.63, 3.8) is 0 Å². The van der Waals surface area contributed by atoms with Crippen molar-refractivity contribution in [2.24, 2.45) is 0 Å². The Morgan fingerprint density at radius 2 is 2.00 bits per heavy atom. The van der Waals surface area contributed by atoms with E-state index in [9.17, 15) is 14.9 Å². The molecule has 0 bridgehead atoms. The summed E-state index contributed by atoms with van der Waals surface area (Å²) in [4.78, 5) is 29.2. The predicted molar refractivity (Wildman–Crippen MR) is 122 cm³/mol. The van der Waals surface area contributed by atoms with Crippen LogP contribution in [-0.2, 0) is 27.3 Å². The molecule has 0 N–H and O–H groups in total. The lowest BCUT2D eigenvalue weighted by Gasteiger charge is -2.31. The number of amides is 1. The minimum Gasteiger partial charge on any atom is -0.468 e. The average Bonchev–Trinajstić information content (AvgIpc) is 3.54. The monoisotopic (exact) mass is 436 g/mol. The summed E-state index contributed by atoms with van der Waals surface area (Å²) in [5.74, 6) is -0.113. The highest BCUT2D eigenvalue weighted by atomic mass is 16.5. The number of methoxy groups -OCH3 is 1. The van der Waals surface area contributed by atoms with E-state index in [-0.39, 0.29) is 30.5 Å². The van der Waals surface area contributed by atoms with E-state index in [1.165, 1.54) is 12.8 Å².